The number of nitrogens with two attached hydrogens (primary N) is 1. The summed E-state index contributed by atoms with van der Waals surface area (Å²) >= 11 is 3.53. The monoisotopic (exact) mass is 450 g/mol. The minimum absolute atomic E-state index is 0.0262. The molecule has 1 aliphatic carbocycles. The summed E-state index contributed by atoms with van der Waals surface area (Å²) < 4.78 is 31.6. The number of likely N-dealkylation sites (tertiary alicyclic amines) is 1. The maximum atomic E-state index is 13.3. The molecular formula is C24H32F2N2O2S. The van der Waals surface area contributed by atoms with Crippen LogP contribution in [-0.2, 0) is 9.53 Å². The lowest BCUT2D eigenvalue weighted by Gasteiger charge is -2.44. The highest BCUT2D eigenvalue weighted by Gasteiger charge is 2.46. The quantitative estimate of drug-likeness (QED) is 0.664. The average molecular weight is 451 g/mol. The fourth-order valence-corrected chi connectivity index (χ4v) is 3.69. The summed E-state index contributed by atoms with van der Waals surface area (Å²) in [5.41, 5.74) is 6.55. The zero-order chi connectivity index (χ0) is 23.0. The van der Waals surface area contributed by atoms with E-state index in [-0.39, 0.29) is 23.6 Å². The van der Waals surface area contributed by atoms with Gasteiger partial charge in [-0.2, -0.15) is 12.6 Å². The number of methoxy groups -OCH3 is 1. The van der Waals surface area contributed by atoms with E-state index in [1.165, 1.54) is 18.2 Å². The second-order valence-corrected chi connectivity index (χ2v) is 7.79. The second-order valence-electron chi connectivity index (χ2n) is 7.79. The van der Waals surface area contributed by atoms with Crippen molar-refractivity contribution >= 4 is 18.5 Å². The fourth-order valence-electron chi connectivity index (χ4n) is 3.69. The van der Waals surface area contributed by atoms with Gasteiger partial charge in [-0.05, 0) is 42.7 Å². The number of hydrogen-bond acceptors (Lipinski definition) is 4. The lowest BCUT2D eigenvalue weighted by Crippen LogP contribution is -2.60. The Hall–Kier alpha value is -1.96. The van der Waals surface area contributed by atoms with E-state index in [1.54, 1.807) is 37.6 Å². The van der Waals surface area contributed by atoms with E-state index in [4.69, 9.17) is 10.5 Å². The van der Waals surface area contributed by atoms with Crippen molar-refractivity contribution in [2.45, 2.75) is 31.8 Å². The number of benzene rings is 2. The molecule has 2 aromatic rings. The van der Waals surface area contributed by atoms with Crippen molar-refractivity contribution in [2.24, 2.45) is 17.6 Å². The second kappa shape index (κ2) is 12.2. The first-order valence-corrected chi connectivity index (χ1v) is 11.3. The van der Waals surface area contributed by atoms with Crippen molar-refractivity contribution in [3.8, 4) is 11.1 Å². The molecule has 1 unspecified atom stereocenters. The molecule has 0 spiro atoms. The molecule has 1 saturated heterocycles. The number of ether oxygens (including phenoxy) is 1. The maximum absolute atomic E-state index is 13.3. The van der Waals surface area contributed by atoms with Crippen LogP contribution >= 0.6 is 12.6 Å². The van der Waals surface area contributed by atoms with Crippen LogP contribution in [0.3, 0.4) is 0 Å². The smallest absolute Gasteiger partial charge is 0.226 e. The topological polar surface area (TPSA) is 55.6 Å². The van der Waals surface area contributed by atoms with Crippen LogP contribution in [0.15, 0.2) is 48.5 Å². The molecule has 1 heterocycles. The number of hydrogen-bond donors (Lipinski definition) is 2. The van der Waals surface area contributed by atoms with E-state index in [0.717, 1.165) is 19.4 Å². The number of rotatable bonds is 5. The van der Waals surface area contributed by atoms with E-state index in [1.807, 2.05) is 11.0 Å². The van der Waals surface area contributed by atoms with Crippen molar-refractivity contribution in [3.63, 3.8) is 0 Å². The summed E-state index contributed by atoms with van der Waals surface area (Å²) in [4.78, 5) is 13.9. The van der Waals surface area contributed by atoms with Gasteiger partial charge in [-0.1, -0.05) is 43.3 Å². The number of carbonyl (C=O) groups is 1. The number of nitrogens with zero attached hydrogens (tertiary/aromatic N) is 1. The number of thiol groups is 1. The molecule has 4 rings (SSSR count). The first kappa shape index (κ1) is 25.3. The van der Waals surface area contributed by atoms with Gasteiger partial charge in [0.1, 0.15) is 11.6 Å². The van der Waals surface area contributed by atoms with Gasteiger partial charge in [0.25, 0.3) is 0 Å². The molecule has 2 aliphatic rings. The van der Waals surface area contributed by atoms with Crippen LogP contribution in [0.25, 0.3) is 11.1 Å². The van der Waals surface area contributed by atoms with Crippen LogP contribution in [0.2, 0.25) is 0 Å². The van der Waals surface area contributed by atoms with Crippen LogP contribution in [0, 0.1) is 23.5 Å². The van der Waals surface area contributed by atoms with Crippen molar-refractivity contribution in [3.05, 3.63) is 60.2 Å². The Bertz CT molecular complexity index is 817. The van der Waals surface area contributed by atoms with E-state index in [0.29, 0.717) is 24.0 Å². The van der Waals surface area contributed by atoms with Crippen molar-refractivity contribution < 1.29 is 18.3 Å². The van der Waals surface area contributed by atoms with Gasteiger partial charge in [0.2, 0.25) is 5.91 Å². The van der Waals surface area contributed by atoms with Crippen LogP contribution in [0.5, 0.6) is 0 Å². The third-order valence-corrected chi connectivity index (χ3v) is 5.65. The summed E-state index contributed by atoms with van der Waals surface area (Å²) in [5, 5.41) is 0. The van der Waals surface area contributed by atoms with Crippen LogP contribution in [-0.4, -0.2) is 49.4 Å². The van der Waals surface area contributed by atoms with Crippen LogP contribution in [0.4, 0.5) is 8.78 Å². The SMILES string of the molecule is COC[C@H](N)C1CCN1C(=O)[C@@H]1C[C@@H]1C.CS.Fc1cccc(F)c1-c1ccccc1. The lowest BCUT2D eigenvalue weighted by atomic mass is 9.95. The molecule has 170 valence electrons. The molecule has 1 aliphatic heterocycles. The zero-order valence-corrected chi connectivity index (χ0v) is 19.2. The summed E-state index contributed by atoms with van der Waals surface area (Å²) in [6, 6.07) is 12.7. The maximum Gasteiger partial charge on any atom is 0.226 e. The highest BCUT2D eigenvalue weighted by atomic mass is 32.1. The van der Waals surface area contributed by atoms with Gasteiger partial charge < -0.3 is 15.4 Å². The Morgan fingerprint density at radius 3 is 2.19 bits per heavy atom. The molecule has 4 atom stereocenters. The Morgan fingerprint density at radius 1 is 1.16 bits per heavy atom. The minimum Gasteiger partial charge on any atom is -0.383 e. The standard InChI is InChI=1S/C12H8F2.C11H20N2O2.CH4S/c13-10-7-4-8-11(14)12(10)9-5-2-1-3-6-9;1-7-5-8(7)11(14)13-4-3-10(13)9(12)6-15-2;1-2/h1-8H;7-10H,3-6,12H2,1-2H3;2H,1H3/t;7-,8+,9-,10?;/m.0./s1. The normalized spacial score (nSPS) is 22.2. The predicted octanol–water partition coefficient (Wildman–Crippen LogP) is 4.39. The summed E-state index contributed by atoms with van der Waals surface area (Å²) in [5.74, 6) is 0.109. The minimum atomic E-state index is -0.531. The first-order chi connectivity index (χ1) is 14.9. The summed E-state index contributed by atoms with van der Waals surface area (Å²) in [7, 11) is 1.65. The highest BCUT2D eigenvalue weighted by Crippen LogP contribution is 2.41. The van der Waals surface area contributed by atoms with Crippen LogP contribution < -0.4 is 5.73 Å². The number of halogens is 2. The Labute approximate surface area is 189 Å². The molecule has 0 radical (unpaired) electrons. The van der Waals surface area contributed by atoms with E-state index >= 15 is 0 Å². The van der Waals surface area contributed by atoms with Gasteiger partial charge >= 0.3 is 0 Å². The zero-order valence-electron chi connectivity index (χ0n) is 18.3. The highest BCUT2D eigenvalue weighted by molar-refractivity contribution is 7.79. The molecule has 0 aromatic heterocycles. The van der Waals surface area contributed by atoms with Gasteiger partial charge in [-0.15, -0.1) is 0 Å². The Kier molecular flexibility index (Phi) is 9.93. The Balaban J connectivity index is 0.000000204. The molecule has 2 N–H and O–H groups in total. The van der Waals surface area contributed by atoms with Gasteiger partial charge in [0, 0.05) is 25.6 Å². The molecule has 2 aromatic carbocycles. The molecule has 2 fully saturated rings. The van der Waals surface area contributed by atoms with Gasteiger partial charge in [0.15, 0.2) is 0 Å². The van der Waals surface area contributed by atoms with Gasteiger partial charge in [0.05, 0.1) is 18.2 Å². The van der Waals surface area contributed by atoms with Crippen LogP contribution in [0.1, 0.15) is 19.8 Å². The van der Waals surface area contributed by atoms with E-state index in [9.17, 15) is 13.6 Å². The summed E-state index contributed by atoms with van der Waals surface area (Å²) in [6.07, 6.45) is 3.78. The molecule has 4 nitrogen and oxygen atoms in total. The lowest BCUT2D eigenvalue weighted by molar-refractivity contribution is -0.142. The van der Waals surface area contributed by atoms with E-state index in [2.05, 4.69) is 19.6 Å². The number of amides is 1. The fraction of sp³-hybridized carbons (Fsp3) is 0.458. The third kappa shape index (κ3) is 6.51. The molecule has 1 saturated carbocycles. The molecular weight excluding hydrogens is 418 g/mol. The summed E-state index contributed by atoms with van der Waals surface area (Å²) in [6.45, 7) is 3.55. The molecule has 7 heteroatoms. The van der Waals surface area contributed by atoms with Crippen molar-refractivity contribution in [2.75, 3.05) is 26.5 Å². The predicted molar refractivity (Wildman–Crippen MR) is 124 cm³/mol. The average Bonchev–Trinajstić information content (AvgIpc) is 3.47. The first-order valence-electron chi connectivity index (χ1n) is 10.4. The van der Waals surface area contributed by atoms with Crippen molar-refractivity contribution in [1.29, 1.82) is 0 Å². The Morgan fingerprint density at radius 2 is 1.74 bits per heavy atom. The van der Waals surface area contributed by atoms with Crippen molar-refractivity contribution in [1.82, 2.24) is 4.90 Å². The largest absolute Gasteiger partial charge is 0.383 e. The molecule has 1 amide bonds. The number of carbonyl (C=O) groups excluding carboxylic acids is 1. The van der Waals surface area contributed by atoms with E-state index < -0.39 is 11.6 Å². The van der Waals surface area contributed by atoms with Gasteiger partial charge in [-0.25, -0.2) is 8.78 Å². The molecule has 0 bridgehead atoms. The third-order valence-electron chi connectivity index (χ3n) is 5.65. The van der Waals surface area contributed by atoms with Gasteiger partial charge in [-0.3, -0.25) is 4.79 Å². The molecule has 31 heavy (non-hydrogen) atoms.